The number of hydrogen-bond donors (Lipinski definition) is 2. The molecule has 2 N–H and O–H groups in total. The highest BCUT2D eigenvalue weighted by molar-refractivity contribution is 5.97. The van der Waals surface area contributed by atoms with Crippen molar-refractivity contribution in [3.05, 3.63) is 35.4 Å². The van der Waals surface area contributed by atoms with Crippen molar-refractivity contribution in [3.63, 3.8) is 0 Å². The number of hydrogen-bond acceptors (Lipinski definition) is 2. The van der Waals surface area contributed by atoms with Crippen LogP contribution >= 0.6 is 0 Å². The number of benzene rings is 1. The van der Waals surface area contributed by atoms with Crippen molar-refractivity contribution in [2.24, 2.45) is 11.8 Å². The van der Waals surface area contributed by atoms with E-state index in [1.54, 1.807) is 0 Å². The Morgan fingerprint density at radius 3 is 2.57 bits per heavy atom. The lowest BCUT2D eigenvalue weighted by Crippen LogP contribution is -2.38. The largest absolute Gasteiger partial charge is 0.354 e. The Balaban J connectivity index is 1.85. The standard InChI is InChI=1S/C17H24N2O2/c1-12(2)9-14-5-3-4-6-15(14)17(21)19-11-16(20)18-10-13-7-8-13/h3-6,12-13H,7-11H2,1-2H3,(H,18,20)(H,19,21). The van der Waals surface area contributed by atoms with Gasteiger partial charge in [0.2, 0.25) is 5.91 Å². The molecule has 0 heterocycles. The molecule has 114 valence electrons. The molecule has 1 aromatic rings. The average Bonchev–Trinajstić information content (AvgIpc) is 3.26. The SMILES string of the molecule is CC(C)Cc1ccccc1C(=O)NCC(=O)NCC1CC1. The normalized spacial score (nSPS) is 14.0. The van der Waals surface area contributed by atoms with Gasteiger partial charge in [-0.3, -0.25) is 9.59 Å². The quantitative estimate of drug-likeness (QED) is 0.807. The lowest BCUT2D eigenvalue weighted by Gasteiger charge is -2.12. The van der Waals surface area contributed by atoms with Crippen LogP contribution in [0.1, 0.15) is 42.6 Å². The molecule has 1 aromatic carbocycles. The van der Waals surface area contributed by atoms with Crippen LogP contribution in [-0.4, -0.2) is 24.9 Å². The fourth-order valence-corrected chi connectivity index (χ4v) is 2.26. The lowest BCUT2D eigenvalue weighted by molar-refractivity contribution is -0.120. The zero-order chi connectivity index (χ0) is 15.2. The second-order valence-electron chi connectivity index (χ2n) is 6.19. The highest BCUT2D eigenvalue weighted by Gasteiger charge is 2.21. The minimum atomic E-state index is -0.173. The first-order valence-corrected chi connectivity index (χ1v) is 7.69. The molecule has 1 aliphatic rings. The summed E-state index contributed by atoms with van der Waals surface area (Å²) >= 11 is 0. The smallest absolute Gasteiger partial charge is 0.251 e. The van der Waals surface area contributed by atoms with Crippen molar-refractivity contribution in [2.75, 3.05) is 13.1 Å². The molecule has 21 heavy (non-hydrogen) atoms. The first-order chi connectivity index (χ1) is 10.1. The van der Waals surface area contributed by atoms with Crippen LogP contribution in [0.3, 0.4) is 0 Å². The third-order valence-corrected chi connectivity index (χ3v) is 3.58. The van der Waals surface area contributed by atoms with E-state index < -0.39 is 0 Å². The van der Waals surface area contributed by atoms with E-state index >= 15 is 0 Å². The van der Waals surface area contributed by atoms with E-state index in [0.717, 1.165) is 18.5 Å². The Morgan fingerprint density at radius 2 is 1.90 bits per heavy atom. The summed E-state index contributed by atoms with van der Waals surface area (Å²) in [5.74, 6) is 0.849. The molecule has 0 radical (unpaired) electrons. The molecule has 4 heteroatoms. The molecular weight excluding hydrogens is 264 g/mol. The van der Waals surface area contributed by atoms with E-state index in [0.29, 0.717) is 17.4 Å². The van der Waals surface area contributed by atoms with Crippen LogP contribution in [-0.2, 0) is 11.2 Å². The molecule has 0 unspecified atom stereocenters. The predicted molar refractivity (Wildman–Crippen MR) is 83.1 cm³/mol. The van der Waals surface area contributed by atoms with Gasteiger partial charge in [-0.05, 0) is 42.7 Å². The van der Waals surface area contributed by atoms with E-state index in [-0.39, 0.29) is 18.4 Å². The molecule has 0 bridgehead atoms. The van der Waals surface area contributed by atoms with Crippen LogP contribution in [0.5, 0.6) is 0 Å². The fraction of sp³-hybridized carbons (Fsp3) is 0.529. The maximum absolute atomic E-state index is 12.2. The van der Waals surface area contributed by atoms with Gasteiger partial charge in [0.15, 0.2) is 0 Å². The summed E-state index contributed by atoms with van der Waals surface area (Å²) in [7, 11) is 0. The van der Waals surface area contributed by atoms with Crippen molar-refractivity contribution in [3.8, 4) is 0 Å². The van der Waals surface area contributed by atoms with Gasteiger partial charge in [-0.1, -0.05) is 32.0 Å². The molecule has 1 aliphatic carbocycles. The van der Waals surface area contributed by atoms with Crippen LogP contribution in [0.2, 0.25) is 0 Å². The molecule has 0 spiro atoms. The van der Waals surface area contributed by atoms with Crippen molar-refractivity contribution in [2.45, 2.75) is 33.1 Å². The van der Waals surface area contributed by atoms with Gasteiger partial charge in [0.1, 0.15) is 0 Å². The van der Waals surface area contributed by atoms with Gasteiger partial charge in [0, 0.05) is 12.1 Å². The Kier molecular flexibility index (Phi) is 5.37. The highest BCUT2D eigenvalue weighted by Crippen LogP contribution is 2.27. The first-order valence-electron chi connectivity index (χ1n) is 7.69. The molecule has 1 fully saturated rings. The maximum Gasteiger partial charge on any atom is 0.251 e. The minimum Gasteiger partial charge on any atom is -0.354 e. The number of carbonyl (C=O) groups is 2. The van der Waals surface area contributed by atoms with Gasteiger partial charge in [0.05, 0.1) is 6.54 Å². The zero-order valence-electron chi connectivity index (χ0n) is 12.8. The van der Waals surface area contributed by atoms with Crippen LogP contribution in [0.4, 0.5) is 0 Å². The molecule has 4 nitrogen and oxygen atoms in total. The van der Waals surface area contributed by atoms with Crippen LogP contribution in [0.25, 0.3) is 0 Å². The number of nitrogens with one attached hydrogen (secondary N) is 2. The van der Waals surface area contributed by atoms with E-state index in [1.807, 2.05) is 24.3 Å². The van der Waals surface area contributed by atoms with E-state index in [2.05, 4.69) is 24.5 Å². The third kappa shape index (κ3) is 5.21. The van der Waals surface area contributed by atoms with Crippen molar-refractivity contribution >= 4 is 11.8 Å². The van der Waals surface area contributed by atoms with Crippen molar-refractivity contribution in [1.29, 1.82) is 0 Å². The molecule has 0 aromatic heterocycles. The number of rotatable bonds is 7. The molecule has 0 atom stereocenters. The number of carbonyl (C=O) groups excluding carboxylic acids is 2. The molecule has 2 amide bonds. The van der Waals surface area contributed by atoms with E-state index in [1.165, 1.54) is 12.8 Å². The third-order valence-electron chi connectivity index (χ3n) is 3.58. The Bertz CT molecular complexity index is 507. The van der Waals surface area contributed by atoms with Gasteiger partial charge in [-0.2, -0.15) is 0 Å². The summed E-state index contributed by atoms with van der Waals surface area (Å²) in [5.41, 5.74) is 1.70. The Morgan fingerprint density at radius 1 is 1.19 bits per heavy atom. The van der Waals surface area contributed by atoms with Crippen LogP contribution in [0, 0.1) is 11.8 Å². The molecule has 1 saturated carbocycles. The van der Waals surface area contributed by atoms with Crippen molar-refractivity contribution in [1.82, 2.24) is 10.6 Å². The maximum atomic E-state index is 12.2. The van der Waals surface area contributed by atoms with Gasteiger partial charge < -0.3 is 10.6 Å². The first kappa shape index (κ1) is 15.5. The molecule has 2 rings (SSSR count). The minimum absolute atomic E-state index is 0.0432. The van der Waals surface area contributed by atoms with E-state index in [9.17, 15) is 9.59 Å². The number of amides is 2. The Hall–Kier alpha value is -1.84. The topological polar surface area (TPSA) is 58.2 Å². The summed E-state index contributed by atoms with van der Waals surface area (Å²) in [6.45, 7) is 5.03. The second-order valence-corrected chi connectivity index (χ2v) is 6.19. The van der Waals surface area contributed by atoms with Crippen LogP contribution in [0.15, 0.2) is 24.3 Å². The van der Waals surface area contributed by atoms with Gasteiger partial charge in [0.25, 0.3) is 5.91 Å². The summed E-state index contributed by atoms with van der Waals surface area (Å²) in [4.78, 5) is 23.9. The summed E-state index contributed by atoms with van der Waals surface area (Å²) < 4.78 is 0. The molecule has 0 saturated heterocycles. The van der Waals surface area contributed by atoms with Crippen molar-refractivity contribution < 1.29 is 9.59 Å². The van der Waals surface area contributed by atoms with Gasteiger partial charge >= 0.3 is 0 Å². The Labute approximate surface area is 126 Å². The monoisotopic (exact) mass is 288 g/mol. The summed E-state index contributed by atoms with van der Waals surface area (Å²) in [6.07, 6.45) is 3.27. The predicted octanol–water partition coefficient (Wildman–Crippen LogP) is 2.14. The average molecular weight is 288 g/mol. The fourth-order valence-electron chi connectivity index (χ4n) is 2.26. The molecular formula is C17H24N2O2. The van der Waals surface area contributed by atoms with Gasteiger partial charge in [-0.15, -0.1) is 0 Å². The zero-order valence-corrected chi connectivity index (χ0v) is 12.8. The molecule has 0 aliphatic heterocycles. The van der Waals surface area contributed by atoms with Gasteiger partial charge in [-0.25, -0.2) is 0 Å². The van der Waals surface area contributed by atoms with E-state index in [4.69, 9.17) is 0 Å². The lowest BCUT2D eigenvalue weighted by atomic mass is 9.97. The summed E-state index contributed by atoms with van der Waals surface area (Å²) in [5, 5.41) is 5.55. The highest BCUT2D eigenvalue weighted by atomic mass is 16.2. The summed E-state index contributed by atoms with van der Waals surface area (Å²) in [6, 6.07) is 7.58. The van der Waals surface area contributed by atoms with Crippen LogP contribution < -0.4 is 10.6 Å². The second kappa shape index (κ2) is 7.25.